The normalized spacial score (nSPS) is 34.8. The molecule has 2 nitrogen and oxygen atoms in total. The molecule has 0 aromatic carbocycles. The van der Waals surface area contributed by atoms with Gasteiger partial charge in [0.1, 0.15) is 0 Å². The van der Waals surface area contributed by atoms with E-state index in [4.69, 9.17) is 5.73 Å². The molecule has 3 N–H and O–H groups in total. The van der Waals surface area contributed by atoms with Gasteiger partial charge in [0.25, 0.3) is 0 Å². The van der Waals surface area contributed by atoms with Crippen LogP contribution >= 0.6 is 0 Å². The van der Waals surface area contributed by atoms with Crippen LogP contribution < -0.4 is 11.1 Å². The van der Waals surface area contributed by atoms with Crippen molar-refractivity contribution in [2.45, 2.75) is 50.6 Å². The second-order valence-electron chi connectivity index (χ2n) is 4.47. The predicted molar refractivity (Wildman–Crippen MR) is 51.0 cm³/mol. The highest BCUT2D eigenvalue weighted by Gasteiger charge is 2.25. The molecule has 0 saturated heterocycles. The summed E-state index contributed by atoms with van der Waals surface area (Å²) < 4.78 is 0. The van der Waals surface area contributed by atoms with E-state index in [-0.39, 0.29) is 0 Å². The highest BCUT2D eigenvalue weighted by molar-refractivity contribution is 4.87. The van der Waals surface area contributed by atoms with Crippen molar-refractivity contribution >= 4 is 0 Å². The topological polar surface area (TPSA) is 38.0 Å². The second kappa shape index (κ2) is 3.75. The summed E-state index contributed by atoms with van der Waals surface area (Å²) in [4.78, 5) is 0. The monoisotopic (exact) mass is 168 g/mol. The summed E-state index contributed by atoms with van der Waals surface area (Å²) in [7, 11) is 0. The van der Waals surface area contributed by atoms with Gasteiger partial charge < -0.3 is 11.1 Å². The molecule has 0 amide bonds. The molecule has 2 aliphatic rings. The standard InChI is InChI=1S/C10H20N2/c11-9-6-10(7-9)12-5-1-2-8-3-4-8/h8-10,12H,1-7,11H2. The van der Waals surface area contributed by atoms with Crippen LogP contribution in [0, 0.1) is 5.92 Å². The van der Waals surface area contributed by atoms with Gasteiger partial charge in [0.2, 0.25) is 0 Å². The lowest BCUT2D eigenvalue weighted by atomic mass is 9.87. The Morgan fingerprint density at radius 1 is 1.25 bits per heavy atom. The Labute approximate surface area is 74.9 Å². The molecule has 0 aromatic heterocycles. The molecule has 0 aromatic rings. The molecule has 2 aliphatic carbocycles. The molecule has 0 unspecified atom stereocenters. The van der Waals surface area contributed by atoms with Gasteiger partial charge >= 0.3 is 0 Å². The molecule has 2 rings (SSSR count). The Balaban J connectivity index is 1.41. The van der Waals surface area contributed by atoms with Gasteiger partial charge in [0, 0.05) is 12.1 Å². The quantitative estimate of drug-likeness (QED) is 0.606. The fourth-order valence-electron chi connectivity index (χ4n) is 1.93. The third kappa shape index (κ3) is 2.46. The minimum absolute atomic E-state index is 0.492. The van der Waals surface area contributed by atoms with E-state index in [1.807, 2.05) is 0 Å². The van der Waals surface area contributed by atoms with Crippen LogP contribution in [0.2, 0.25) is 0 Å². The molecule has 0 spiro atoms. The molecular formula is C10H20N2. The Kier molecular flexibility index (Phi) is 2.66. The summed E-state index contributed by atoms with van der Waals surface area (Å²) in [5.74, 6) is 1.09. The molecule has 0 heterocycles. The van der Waals surface area contributed by atoms with Gasteiger partial charge in [-0.25, -0.2) is 0 Å². The van der Waals surface area contributed by atoms with Crippen LogP contribution in [0.5, 0.6) is 0 Å². The molecule has 70 valence electrons. The number of hydrogen-bond donors (Lipinski definition) is 2. The third-order valence-electron chi connectivity index (χ3n) is 3.09. The summed E-state index contributed by atoms with van der Waals surface area (Å²) >= 11 is 0. The van der Waals surface area contributed by atoms with Gasteiger partial charge in [0.15, 0.2) is 0 Å². The van der Waals surface area contributed by atoms with Crippen LogP contribution in [0.3, 0.4) is 0 Å². The lowest BCUT2D eigenvalue weighted by Crippen LogP contribution is -2.48. The highest BCUT2D eigenvalue weighted by Crippen LogP contribution is 2.33. The Morgan fingerprint density at radius 3 is 2.58 bits per heavy atom. The molecular weight excluding hydrogens is 148 g/mol. The molecule has 0 bridgehead atoms. The number of nitrogens with one attached hydrogen (secondary N) is 1. The minimum Gasteiger partial charge on any atom is -0.328 e. The molecule has 2 fully saturated rings. The van der Waals surface area contributed by atoms with E-state index in [0.29, 0.717) is 6.04 Å². The van der Waals surface area contributed by atoms with Crippen molar-refractivity contribution in [1.82, 2.24) is 5.32 Å². The lowest BCUT2D eigenvalue weighted by Gasteiger charge is -2.33. The first kappa shape index (κ1) is 8.52. The number of rotatable bonds is 5. The first-order chi connectivity index (χ1) is 5.84. The maximum absolute atomic E-state index is 5.69. The predicted octanol–water partition coefficient (Wildman–Crippen LogP) is 1.26. The van der Waals surface area contributed by atoms with Gasteiger partial charge in [-0.1, -0.05) is 12.8 Å². The fraction of sp³-hybridized carbons (Fsp3) is 1.00. The summed E-state index contributed by atoms with van der Waals surface area (Å²) in [6.07, 6.45) is 8.21. The van der Waals surface area contributed by atoms with Crippen molar-refractivity contribution in [3.8, 4) is 0 Å². The molecule has 0 radical (unpaired) electrons. The van der Waals surface area contributed by atoms with Crippen molar-refractivity contribution in [2.75, 3.05) is 6.54 Å². The zero-order valence-corrected chi connectivity index (χ0v) is 7.76. The largest absolute Gasteiger partial charge is 0.328 e. The Morgan fingerprint density at radius 2 is 2.00 bits per heavy atom. The van der Waals surface area contributed by atoms with Crippen molar-refractivity contribution in [1.29, 1.82) is 0 Å². The highest BCUT2D eigenvalue weighted by atomic mass is 14.9. The maximum atomic E-state index is 5.69. The SMILES string of the molecule is NC1CC(NCCCC2CC2)C1. The summed E-state index contributed by atoms with van der Waals surface area (Å²) in [5.41, 5.74) is 5.69. The van der Waals surface area contributed by atoms with E-state index in [9.17, 15) is 0 Å². The molecule has 0 atom stereocenters. The van der Waals surface area contributed by atoms with E-state index in [1.165, 1.54) is 45.1 Å². The van der Waals surface area contributed by atoms with Crippen LogP contribution in [0.1, 0.15) is 38.5 Å². The molecule has 2 saturated carbocycles. The Hall–Kier alpha value is -0.0800. The summed E-state index contributed by atoms with van der Waals surface area (Å²) in [5, 5.41) is 3.55. The van der Waals surface area contributed by atoms with Crippen LogP contribution in [0.25, 0.3) is 0 Å². The fourth-order valence-corrected chi connectivity index (χ4v) is 1.93. The third-order valence-corrected chi connectivity index (χ3v) is 3.09. The van der Waals surface area contributed by atoms with E-state index < -0.39 is 0 Å². The van der Waals surface area contributed by atoms with Crippen molar-refractivity contribution in [3.63, 3.8) is 0 Å². The van der Waals surface area contributed by atoms with Crippen LogP contribution in [-0.2, 0) is 0 Å². The van der Waals surface area contributed by atoms with Gasteiger partial charge in [-0.2, -0.15) is 0 Å². The van der Waals surface area contributed by atoms with Crippen molar-refractivity contribution in [3.05, 3.63) is 0 Å². The van der Waals surface area contributed by atoms with Crippen LogP contribution in [-0.4, -0.2) is 18.6 Å². The average Bonchev–Trinajstić information content (AvgIpc) is 2.77. The summed E-state index contributed by atoms with van der Waals surface area (Å²) in [6, 6.07) is 1.24. The zero-order valence-electron chi connectivity index (χ0n) is 7.76. The van der Waals surface area contributed by atoms with Gasteiger partial charge in [-0.15, -0.1) is 0 Å². The van der Waals surface area contributed by atoms with Crippen molar-refractivity contribution in [2.24, 2.45) is 11.7 Å². The first-order valence-electron chi connectivity index (χ1n) is 5.33. The van der Waals surface area contributed by atoms with Gasteiger partial charge in [0.05, 0.1) is 0 Å². The zero-order chi connectivity index (χ0) is 8.39. The van der Waals surface area contributed by atoms with E-state index in [1.54, 1.807) is 0 Å². The average molecular weight is 168 g/mol. The van der Waals surface area contributed by atoms with E-state index in [0.717, 1.165) is 12.0 Å². The van der Waals surface area contributed by atoms with Gasteiger partial charge in [-0.3, -0.25) is 0 Å². The molecule has 12 heavy (non-hydrogen) atoms. The molecule has 2 heteroatoms. The van der Waals surface area contributed by atoms with E-state index in [2.05, 4.69) is 5.32 Å². The maximum Gasteiger partial charge on any atom is 0.00965 e. The number of nitrogens with two attached hydrogens (primary N) is 1. The smallest absolute Gasteiger partial charge is 0.00965 e. The molecule has 0 aliphatic heterocycles. The van der Waals surface area contributed by atoms with Crippen molar-refractivity contribution < 1.29 is 0 Å². The van der Waals surface area contributed by atoms with Crippen LogP contribution in [0.15, 0.2) is 0 Å². The first-order valence-corrected chi connectivity index (χ1v) is 5.33. The van der Waals surface area contributed by atoms with Crippen LogP contribution in [0.4, 0.5) is 0 Å². The van der Waals surface area contributed by atoms with E-state index >= 15 is 0 Å². The van der Waals surface area contributed by atoms with Gasteiger partial charge in [-0.05, 0) is 38.1 Å². The second-order valence-corrected chi connectivity index (χ2v) is 4.47. The Bertz CT molecular complexity index is 137. The minimum atomic E-state index is 0.492. The summed E-state index contributed by atoms with van der Waals surface area (Å²) in [6.45, 7) is 1.22. The number of hydrogen-bond acceptors (Lipinski definition) is 2. The lowest BCUT2D eigenvalue weighted by molar-refractivity contribution is 0.290.